The van der Waals surface area contributed by atoms with Crippen LogP contribution in [0, 0.1) is 19.7 Å². The van der Waals surface area contributed by atoms with Crippen LogP contribution >= 0.6 is 11.8 Å². The number of aryl methyl sites for hydroxylation is 2. The van der Waals surface area contributed by atoms with Gasteiger partial charge in [0, 0.05) is 59.8 Å². The van der Waals surface area contributed by atoms with Crippen LogP contribution in [0.2, 0.25) is 0 Å². The van der Waals surface area contributed by atoms with Crippen LogP contribution < -0.4 is 10.1 Å². The molecule has 4 heterocycles. The van der Waals surface area contributed by atoms with E-state index in [-0.39, 0.29) is 17.5 Å². The number of benzene rings is 1. The molecule has 0 bridgehead atoms. The number of carbonyl (C=O) groups excluding carboxylic acids is 1. The number of aromatic nitrogens is 4. The van der Waals surface area contributed by atoms with Gasteiger partial charge in [0.1, 0.15) is 17.9 Å². The number of rotatable bonds is 6. The van der Waals surface area contributed by atoms with Crippen molar-refractivity contribution in [1.29, 1.82) is 0 Å². The molecule has 0 unspecified atom stereocenters. The third-order valence-corrected chi connectivity index (χ3v) is 6.75. The van der Waals surface area contributed by atoms with Gasteiger partial charge >= 0.3 is 0 Å². The maximum Gasteiger partial charge on any atom is 0.208 e. The zero-order valence-corrected chi connectivity index (χ0v) is 22.0. The number of halogens is 1. The molecule has 1 aliphatic heterocycles. The molecule has 1 N–H and O–H groups in total. The Balaban J connectivity index is 0.00000148. The van der Waals surface area contributed by atoms with Gasteiger partial charge in [0.15, 0.2) is 5.12 Å². The van der Waals surface area contributed by atoms with E-state index in [1.54, 1.807) is 25.5 Å². The summed E-state index contributed by atoms with van der Waals surface area (Å²) in [5.74, 6) is 1.53. The molecule has 0 atom stereocenters. The minimum Gasteiger partial charge on any atom is -0.493 e. The predicted octanol–water partition coefficient (Wildman–Crippen LogP) is 5.90. The van der Waals surface area contributed by atoms with Crippen molar-refractivity contribution in [2.24, 2.45) is 0 Å². The molecule has 36 heavy (non-hydrogen) atoms. The Hall–Kier alpha value is -3.46. The van der Waals surface area contributed by atoms with Gasteiger partial charge < -0.3 is 10.1 Å². The smallest absolute Gasteiger partial charge is 0.208 e. The SMILES string of the molecule is CC.CC(=O)SCc1nc(C)ccc1-c1cnc(NCc2c(F)ccc3c2CCO3)n2cnc(C)c12. The van der Waals surface area contributed by atoms with Crippen LogP contribution in [0.5, 0.6) is 5.75 Å². The molecule has 9 heteroatoms. The minimum absolute atomic E-state index is 0.0441. The molecule has 0 saturated carbocycles. The molecule has 0 spiro atoms. The lowest BCUT2D eigenvalue weighted by Crippen LogP contribution is -2.10. The second-order valence-electron chi connectivity index (χ2n) is 8.23. The number of thioether (sulfide) groups is 1. The summed E-state index contributed by atoms with van der Waals surface area (Å²) in [6.45, 7) is 10.3. The summed E-state index contributed by atoms with van der Waals surface area (Å²) < 4.78 is 22.1. The number of nitrogens with one attached hydrogen (secondary N) is 1. The topological polar surface area (TPSA) is 81.4 Å². The zero-order chi connectivity index (χ0) is 25.8. The Bertz CT molecular complexity index is 1420. The minimum atomic E-state index is -0.259. The highest BCUT2D eigenvalue weighted by molar-refractivity contribution is 8.12. The highest BCUT2D eigenvalue weighted by Gasteiger charge is 2.21. The van der Waals surface area contributed by atoms with E-state index >= 15 is 0 Å². The lowest BCUT2D eigenvalue weighted by atomic mass is 10.0. The number of ether oxygens (including phenoxy) is 1. The molecular weight excluding hydrogens is 477 g/mol. The largest absolute Gasteiger partial charge is 0.493 e. The first-order valence-electron chi connectivity index (χ1n) is 12.0. The number of nitrogens with zero attached hydrogens (tertiary/aromatic N) is 4. The van der Waals surface area contributed by atoms with Crippen molar-refractivity contribution in [3.8, 4) is 16.9 Å². The van der Waals surface area contributed by atoms with Crippen LogP contribution in [-0.2, 0) is 23.5 Å². The van der Waals surface area contributed by atoms with Crippen molar-refractivity contribution in [1.82, 2.24) is 19.4 Å². The first kappa shape index (κ1) is 25.6. The second-order valence-corrected chi connectivity index (χ2v) is 9.38. The Morgan fingerprint density at radius 3 is 2.75 bits per heavy atom. The Morgan fingerprint density at radius 1 is 1.17 bits per heavy atom. The average Bonchev–Trinajstić information content (AvgIpc) is 3.51. The number of anilines is 1. The molecule has 1 aromatic carbocycles. The summed E-state index contributed by atoms with van der Waals surface area (Å²) in [4.78, 5) is 25.4. The molecule has 0 radical (unpaired) electrons. The van der Waals surface area contributed by atoms with Crippen molar-refractivity contribution in [3.05, 3.63) is 70.8 Å². The van der Waals surface area contributed by atoms with Gasteiger partial charge in [-0.15, -0.1) is 0 Å². The van der Waals surface area contributed by atoms with E-state index in [2.05, 4.69) is 20.3 Å². The van der Waals surface area contributed by atoms with Crippen molar-refractivity contribution in [2.45, 2.75) is 53.3 Å². The van der Waals surface area contributed by atoms with Crippen LogP contribution in [0.3, 0.4) is 0 Å². The van der Waals surface area contributed by atoms with Gasteiger partial charge in [-0.3, -0.25) is 14.2 Å². The number of fused-ring (bicyclic) bond motifs is 2. The van der Waals surface area contributed by atoms with Gasteiger partial charge in [0.25, 0.3) is 0 Å². The van der Waals surface area contributed by atoms with Gasteiger partial charge in [-0.25, -0.2) is 14.4 Å². The van der Waals surface area contributed by atoms with Crippen molar-refractivity contribution in [3.63, 3.8) is 0 Å². The van der Waals surface area contributed by atoms with E-state index in [1.807, 2.05) is 44.2 Å². The van der Waals surface area contributed by atoms with Crippen LogP contribution in [0.25, 0.3) is 16.6 Å². The van der Waals surface area contributed by atoms with Gasteiger partial charge in [-0.05, 0) is 32.0 Å². The first-order chi connectivity index (χ1) is 17.4. The highest BCUT2D eigenvalue weighted by Crippen LogP contribution is 2.33. The van der Waals surface area contributed by atoms with Crippen LogP contribution in [0.15, 0.2) is 36.8 Å². The Morgan fingerprint density at radius 2 is 1.97 bits per heavy atom. The summed E-state index contributed by atoms with van der Waals surface area (Å²) in [6, 6.07) is 7.09. The number of imidazole rings is 1. The molecule has 0 aliphatic carbocycles. The second kappa shape index (κ2) is 11.1. The molecule has 3 aromatic heterocycles. The van der Waals surface area contributed by atoms with Crippen LogP contribution in [0.4, 0.5) is 10.3 Å². The number of pyridine rings is 1. The third kappa shape index (κ3) is 5.06. The Kier molecular flexibility index (Phi) is 7.88. The summed E-state index contributed by atoms with van der Waals surface area (Å²) in [6.07, 6.45) is 4.19. The molecule has 188 valence electrons. The molecule has 0 fully saturated rings. The van der Waals surface area contributed by atoms with E-state index in [0.717, 1.165) is 45.0 Å². The summed E-state index contributed by atoms with van der Waals surface area (Å²) in [7, 11) is 0. The van der Waals surface area contributed by atoms with Gasteiger partial charge in [0.2, 0.25) is 5.95 Å². The van der Waals surface area contributed by atoms with Crippen molar-refractivity contribution in [2.75, 3.05) is 11.9 Å². The van der Waals surface area contributed by atoms with Gasteiger partial charge in [-0.1, -0.05) is 31.7 Å². The predicted molar refractivity (Wildman–Crippen MR) is 142 cm³/mol. The number of hydrogen-bond donors (Lipinski definition) is 1. The Labute approximate surface area is 214 Å². The normalized spacial score (nSPS) is 12.1. The van der Waals surface area contributed by atoms with Crippen molar-refractivity contribution >= 4 is 28.3 Å². The van der Waals surface area contributed by atoms with Crippen LogP contribution in [0.1, 0.15) is 49.0 Å². The maximum atomic E-state index is 14.6. The van der Waals surface area contributed by atoms with E-state index in [1.165, 1.54) is 17.8 Å². The first-order valence-corrected chi connectivity index (χ1v) is 13.0. The molecule has 0 saturated heterocycles. The van der Waals surface area contributed by atoms with Crippen LogP contribution in [-0.4, -0.2) is 31.1 Å². The summed E-state index contributed by atoms with van der Waals surface area (Å²) in [5, 5.41) is 3.33. The van der Waals surface area contributed by atoms with E-state index < -0.39 is 0 Å². The quantitative estimate of drug-likeness (QED) is 0.348. The fourth-order valence-electron chi connectivity index (χ4n) is 4.31. The summed E-state index contributed by atoms with van der Waals surface area (Å²) in [5.41, 5.74) is 6.73. The number of hydrogen-bond acceptors (Lipinski definition) is 7. The highest BCUT2D eigenvalue weighted by atomic mass is 32.2. The lowest BCUT2D eigenvalue weighted by molar-refractivity contribution is -0.109. The van der Waals surface area contributed by atoms with Gasteiger partial charge in [-0.2, -0.15) is 0 Å². The zero-order valence-electron chi connectivity index (χ0n) is 21.2. The third-order valence-electron chi connectivity index (χ3n) is 5.93. The van der Waals surface area contributed by atoms with Gasteiger partial charge in [0.05, 0.1) is 23.5 Å². The molecule has 7 nitrogen and oxygen atoms in total. The number of carbonyl (C=O) groups is 1. The summed E-state index contributed by atoms with van der Waals surface area (Å²) >= 11 is 1.23. The monoisotopic (exact) mass is 507 g/mol. The van der Waals surface area contributed by atoms with Crippen molar-refractivity contribution < 1.29 is 13.9 Å². The fourth-order valence-corrected chi connectivity index (χ4v) is 4.87. The molecular formula is C27H30FN5O2S. The van der Waals surface area contributed by atoms with E-state index in [0.29, 0.717) is 30.3 Å². The molecule has 0 amide bonds. The lowest BCUT2D eigenvalue weighted by Gasteiger charge is -2.15. The van der Waals surface area contributed by atoms with E-state index in [4.69, 9.17) is 4.74 Å². The molecule has 4 aromatic rings. The molecule has 5 rings (SSSR count). The average molecular weight is 508 g/mol. The fraction of sp³-hybridized carbons (Fsp3) is 0.333. The maximum absolute atomic E-state index is 14.6. The van der Waals surface area contributed by atoms with E-state index in [9.17, 15) is 9.18 Å². The molecule has 1 aliphatic rings. The standard InChI is InChI=1S/C25H24FN5O2S.C2H6/c1-14-4-5-17(22(30-14)12-34-16(3)32)20-11-28-25(31-13-29-15(2)24(20)31)27-10-19-18-8-9-33-23(18)7-6-21(19)26;1-2/h4-7,11,13H,8-10,12H2,1-3H3,(H,27,28);1-2H3.